The van der Waals surface area contributed by atoms with Crippen molar-refractivity contribution in [1.82, 2.24) is 35.0 Å². The molecular formula is C30H29FN8O. The van der Waals surface area contributed by atoms with Gasteiger partial charge in [0.05, 0.1) is 40.5 Å². The van der Waals surface area contributed by atoms with E-state index >= 15 is 0 Å². The smallest absolute Gasteiger partial charge is 0.135 e. The molecule has 10 heteroatoms. The Labute approximate surface area is 230 Å². The predicted molar refractivity (Wildman–Crippen MR) is 156 cm³/mol. The maximum atomic E-state index is 14.6. The standard InChI is InChI=1S/C30H29FN8O/c1-38(2)7-8-40-22-11-18(9-20(31)12-22)24-16-33-17-28-23(24)13-27(34-28)30-29-26(36-37-30)6-5-25(35-29)19-10-21(39(3)4)15-32-14-19/h5-6,9-17,34H,7-8H2,1-4H3,(H,36,37). The second-order valence-electron chi connectivity index (χ2n) is 10.1. The van der Waals surface area contributed by atoms with Crippen LogP contribution in [0.15, 0.2) is 67.3 Å². The number of ether oxygens (including phenoxy) is 1. The van der Waals surface area contributed by atoms with Crippen molar-refractivity contribution < 1.29 is 9.13 Å². The Hall–Kier alpha value is -4.83. The largest absolute Gasteiger partial charge is 0.492 e. The molecule has 0 bridgehead atoms. The van der Waals surface area contributed by atoms with Crippen molar-refractivity contribution >= 4 is 27.6 Å². The fourth-order valence-electron chi connectivity index (χ4n) is 4.62. The van der Waals surface area contributed by atoms with Gasteiger partial charge in [-0.3, -0.25) is 15.1 Å². The van der Waals surface area contributed by atoms with Gasteiger partial charge in [-0.1, -0.05) is 0 Å². The molecule has 0 atom stereocenters. The van der Waals surface area contributed by atoms with E-state index in [-0.39, 0.29) is 5.82 Å². The van der Waals surface area contributed by atoms with Crippen LogP contribution in [0.5, 0.6) is 5.75 Å². The van der Waals surface area contributed by atoms with Crippen molar-refractivity contribution in [2.45, 2.75) is 0 Å². The van der Waals surface area contributed by atoms with Gasteiger partial charge in [-0.15, -0.1) is 0 Å². The Bertz CT molecular complexity index is 1820. The normalized spacial score (nSPS) is 11.6. The topological polar surface area (TPSA) is 98.8 Å². The Morgan fingerprint density at radius 3 is 2.55 bits per heavy atom. The minimum absolute atomic E-state index is 0.368. The van der Waals surface area contributed by atoms with Crippen LogP contribution in [0, 0.1) is 5.82 Å². The lowest BCUT2D eigenvalue weighted by atomic mass is 10.0. The van der Waals surface area contributed by atoms with Crippen LogP contribution in [0.4, 0.5) is 10.1 Å². The predicted octanol–water partition coefficient (Wildman–Crippen LogP) is 5.38. The molecule has 0 amide bonds. The van der Waals surface area contributed by atoms with E-state index in [4.69, 9.17) is 9.72 Å². The monoisotopic (exact) mass is 536 g/mol. The average Bonchev–Trinajstić information content (AvgIpc) is 3.56. The Morgan fingerprint density at radius 2 is 1.73 bits per heavy atom. The first-order chi connectivity index (χ1) is 19.4. The average molecular weight is 537 g/mol. The molecule has 6 rings (SSSR count). The third-order valence-electron chi connectivity index (χ3n) is 6.73. The van der Waals surface area contributed by atoms with Gasteiger partial charge in [0.1, 0.15) is 29.4 Å². The van der Waals surface area contributed by atoms with Crippen LogP contribution in [0.1, 0.15) is 0 Å². The van der Waals surface area contributed by atoms with Crippen LogP contribution >= 0.6 is 0 Å². The molecule has 0 spiro atoms. The summed E-state index contributed by atoms with van der Waals surface area (Å²) in [6, 6.07) is 12.7. The van der Waals surface area contributed by atoms with E-state index < -0.39 is 0 Å². The van der Waals surface area contributed by atoms with Crippen molar-refractivity contribution in [2.24, 2.45) is 0 Å². The zero-order chi connectivity index (χ0) is 27.8. The van der Waals surface area contributed by atoms with Crippen LogP contribution in [0.3, 0.4) is 0 Å². The zero-order valence-corrected chi connectivity index (χ0v) is 22.7. The van der Waals surface area contributed by atoms with Crippen LogP contribution in [-0.4, -0.2) is 76.4 Å². The maximum absolute atomic E-state index is 14.6. The third-order valence-corrected chi connectivity index (χ3v) is 6.73. The number of halogens is 1. The van der Waals surface area contributed by atoms with E-state index in [1.807, 2.05) is 68.5 Å². The molecule has 2 N–H and O–H groups in total. The van der Waals surface area contributed by atoms with E-state index in [9.17, 15) is 4.39 Å². The molecular weight excluding hydrogens is 507 g/mol. The molecule has 6 aromatic rings. The summed E-state index contributed by atoms with van der Waals surface area (Å²) in [6.07, 6.45) is 7.11. The van der Waals surface area contributed by atoms with Gasteiger partial charge in [0, 0.05) is 55.6 Å². The maximum Gasteiger partial charge on any atom is 0.135 e. The molecule has 40 heavy (non-hydrogen) atoms. The van der Waals surface area contributed by atoms with Crippen molar-refractivity contribution in [3.05, 3.63) is 73.1 Å². The Kier molecular flexibility index (Phi) is 6.61. The lowest BCUT2D eigenvalue weighted by molar-refractivity contribution is 0.260. The first-order valence-corrected chi connectivity index (χ1v) is 12.9. The van der Waals surface area contributed by atoms with E-state index in [0.717, 1.165) is 56.7 Å². The molecule has 0 radical (unpaired) electrons. The second-order valence-corrected chi connectivity index (χ2v) is 10.1. The molecule has 0 fully saturated rings. The van der Waals surface area contributed by atoms with Gasteiger partial charge in [0.2, 0.25) is 0 Å². The highest BCUT2D eigenvalue weighted by atomic mass is 19.1. The van der Waals surface area contributed by atoms with Gasteiger partial charge >= 0.3 is 0 Å². The fourth-order valence-corrected chi connectivity index (χ4v) is 4.62. The number of H-pyrrole nitrogens is 2. The Balaban J connectivity index is 1.39. The molecule has 0 unspecified atom stereocenters. The fraction of sp³-hybridized carbons (Fsp3) is 0.200. The summed E-state index contributed by atoms with van der Waals surface area (Å²) in [5.41, 5.74) is 7.99. The highest BCUT2D eigenvalue weighted by Crippen LogP contribution is 2.35. The molecule has 9 nitrogen and oxygen atoms in total. The van der Waals surface area contributed by atoms with E-state index in [0.29, 0.717) is 23.6 Å². The van der Waals surface area contributed by atoms with Crippen molar-refractivity contribution in [3.63, 3.8) is 0 Å². The van der Waals surface area contributed by atoms with Gasteiger partial charge in [-0.25, -0.2) is 9.37 Å². The van der Waals surface area contributed by atoms with Gasteiger partial charge in [0.15, 0.2) is 0 Å². The minimum atomic E-state index is -0.368. The van der Waals surface area contributed by atoms with Crippen LogP contribution in [-0.2, 0) is 0 Å². The number of aromatic nitrogens is 6. The van der Waals surface area contributed by atoms with E-state index in [1.165, 1.54) is 12.1 Å². The number of hydrogen-bond donors (Lipinski definition) is 2. The number of rotatable bonds is 8. The van der Waals surface area contributed by atoms with Gasteiger partial charge in [-0.05, 0) is 56.1 Å². The molecule has 5 heterocycles. The summed E-state index contributed by atoms with van der Waals surface area (Å²) in [6.45, 7) is 1.19. The summed E-state index contributed by atoms with van der Waals surface area (Å²) in [5, 5.41) is 8.55. The number of nitrogens with one attached hydrogen (secondary N) is 2. The molecule has 202 valence electrons. The van der Waals surface area contributed by atoms with Crippen LogP contribution < -0.4 is 9.64 Å². The number of benzene rings is 1. The van der Waals surface area contributed by atoms with Gasteiger partial charge in [0.25, 0.3) is 0 Å². The summed E-state index contributed by atoms with van der Waals surface area (Å²) < 4.78 is 20.4. The SMILES string of the molecule is CN(C)CCOc1cc(F)cc(-c2cncc3[nH]c(-c4n[nH]c5ccc(-c6cncc(N(C)C)c6)nc45)cc23)c1. The lowest BCUT2D eigenvalue weighted by Gasteiger charge is -2.12. The number of nitrogens with zero attached hydrogens (tertiary/aromatic N) is 6. The van der Waals surface area contributed by atoms with Gasteiger partial charge < -0.3 is 19.5 Å². The Morgan fingerprint density at radius 1 is 0.875 bits per heavy atom. The quantitative estimate of drug-likeness (QED) is 0.270. The van der Waals surface area contributed by atoms with Crippen LogP contribution in [0.25, 0.3) is 55.7 Å². The molecule has 0 saturated heterocycles. The third kappa shape index (κ3) is 4.96. The highest BCUT2D eigenvalue weighted by Gasteiger charge is 2.17. The molecule has 0 aliphatic rings. The van der Waals surface area contributed by atoms with Crippen LogP contribution in [0.2, 0.25) is 0 Å². The molecule has 0 aliphatic heterocycles. The van der Waals surface area contributed by atoms with Gasteiger partial charge in [-0.2, -0.15) is 5.10 Å². The first kappa shape index (κ1) is 25.4. The van der Waals surface area contributed by atoms with E-state index in [1.54, 1.807) is 18.6 Å². The number of likely N-dealkylation sites (N-methyl/N-ethyl adjacent to an activating group) is 1. The molecule has 0 saturated carbocycles. The number of anilines is 1. The van der Waals surface area contributed by atoms with E-state index in [2.05, 4.69) is 31.2 Å². The lowest BCUT2D eigenvalue weighted by Crippen LogP contribution is -2.19. The number of pyridine rings is 3. The van der Waals surface area contributed by atoms with Crippen molar-refractivity contribution in [2.75, 3.05) is 46.2 Å². The molecule has 1 aromatic carbocycles. The number of hydrogen-bond acceptors (Lipinski definition) is 7. The number of fused-ring (bicyclic) bond motifs is 2. The summed E-state index contributed by atoms with van der Waals surface area (Å²) >= 11 is 0. The first-order valence-electron chi connectivity index (χ1n) is 12.9. The molecule has 0 aliphatic carbocycles. The molecule has 5 aromatic heterocycles. The highest BCUT2D eigenvalue weighted by molar-refractivity contribution is 6.00. The van der Waals surface area contributed by atoms with Crippen molar-refractivity contribution in [3.8, 4) is 39.5 Å². The second kappa shape index (κ2) is 10.4. The minimum Gasteiger partial charge on any atom is -0.492 e. The summed E-state index contributed by atoms with van der Waals surface area (Å²) in [7, 11) is 7.89. The summed E-state index contributed by atoms with van der Waals surface area (Å²) in [5.74, 6) is 0.112. The number of aromatic amines is 2. The van der Waals surface area contributed by atoms with Crippen molar-refractivity contribution in [1.29, 1.82) is 0 Å². The summed E-state index contributed by atoms with van der Waals surface area (Å²) in [4.78, 5) is 21.2. The zero-order valence-electron chi connectivity index (χ0n) is 22.7.